The Morgan fingerprint density at radius 2 is 1.53 bits per heavy atom. The Balaban J connectivity index is 2.50. The maximum absolute atomic E-state index is 2.43. The SMILES string of the molecule is CC1(C)CCC(C)(C)C2=CCC=CC=C21. The largest absolute Gasteiger partial charge is 0.0807 e. The van der Waals surface area contributed by atoms with Crippen molar-refractivity contribution in [3.63, 3.8) is 0 Å². The van der Waals surface area contributed by atoms with Crippen molar-refractivity contribution in [2.45, 2.75) is 47.0 Å². The van der Waals surface area contributed by atoms with Crippen molar-refractivity contribution in [3.05, 3.63) is 35.5 Å². The molecule has 1 saturated carbocycles. The van der Waals surface area contributed by atoms with Gasteiger partial charge in [-0.3, -0.25) is 0 Å². The zero-order valence-corrected chi connectivity index (χ0v) is 10.4. The number of allylic oxidation sites excluding steroid dienone is 6. The summed E-state index contributed by atoms with van der Waals surface area (Å²) in [4.78, 5) is 0. The van der Waals surface area contributed by atoms with Gasteiger partial charge in [-0.2, -0.15) is 0 Å². The van der Waals surface area contributed by atoms with Crippen LogP contribution in [0.3, 0.4) is 0 Å². The standard InChI is InChI=1S/C15H22/c1-14(2)10-11-15(3,4)13-9-7-5-6-8-12(13)14/h5-6,8-9H,7,10-11H2,1-4H3. The first-order valence-electron chi connectivity index (χ1n) is 6.02. The molecule has 0 heteroatoms. The molecule has 2 aliphatic carbocycles. The van der Waals surface area contributed by atoms with E-state index in [1.807, 2.05) is 0 Å². The molecule has 0 spiro atoms. The average molecular weight is 202 g/mol. The molecule has 0 radical (unpaired) electrons. The lowest BCUT2D eigenvalue weighted by Gasteiger charge is -2.44. The van der Waals surface area contributed by atoms with E-state index in [-0.39, 0.29) is 0 Å². The highest BCUT2D eigenvalue weighted by atomic mass is 14.4. The molecule has 0 aromatic heterocycles. The summed E-state index contributed by atoms with van der Waals surface area (Å²) in [6.07, 6.45) is 12.9. The van der Waals surface area contributed by atoms with Gasteiger partial charge in [0.25, 0.3) is 0 Å². The number of hydrogen-bond donors (Lipinski definition) is 0. The van der Waals surface area contributed by atoms with Gasteiger partial charge in [-0.15, -0.1) is 0 Å². The zero-order chi connectivity index (χ0) is 11.1. The Hall–Kier alpha value is -0.780. The van der Waals surface area contributed by atoms with E-state index in [1.165, 1.54) is 12.8 Å². The smallest absolute Gasteiger partial charge is 0.0100 e. The molecule has 1 fully saturated rings. The third-order valence-electron chi connectivity index (χ3n) is 3.98. The summed E-state index contributed by atoms with van der Waals surface area (Å²) in [5.74, 6) is 0. The molecule has 0 aliphatic heterocycles. The molecule has 2 aliphatic rings. The van der Waals surface area contributed by atoms with Gasteiger partial charge in [-0.25, -0.2) is 0 Å². The minimum absolute atomic E-state index is 0.357. The second-order valence-corrected chi connectivity index (χ2v) is 6.13. The molecule has 0 saturated heterocycles. The second-order valence-electron chi connectivity index (χ2n) is 6.13. The van der Waals surface area contributed by atoms with Gasteiger partial charge in [0.1, 0.15) is 0 Å². The first kappa shape index (κ1) is 10.7. The first-order chi connectivity index (χ1) is 6.93. The van der Waals surface area contributed by atoms with Crippen LogP contribution in [0.15, 0.2) is 35.5 Å². The fourth-order valence-corrected chi connectivity index (χ4v) is 2.75. The molecule has 0 bridgehead atoms. The minimum atomic E-state index is 0.357. The van der Waals surface area contributed by atoms with Crippen molar-refractivity contribution >= 4 is 0 Å². The van der Waals surface area contributed by atoms with E-state index in [0.717, 1.165) is 6.42 Å². The molecular formula is C15H22. The van der Waals surface area contributed by atoms with Crippen molar-refractivity contribution < 1.29 is 0 Å². The van der Waals surface area contributed by atoms with Crippen molar-refractivity contribution in [2.24, 2.45) is 10.8 Å². The third kappa shape index (κ3) is 1.82. The van der Waals surface area contributed by atoms with Crippen LogP contribution < -0.4 is 0 Å². The summed E-state index contributed by atoms with van der Waals surface area (Å²) < 4.78 is 0. The van der Waals surface area contributed by atoms with Crippen LogP contribution >= 0.6 is 0 Å². The predicted molar refractivity (Wildman–Crippen MR) is 66.7 cm³/mol. The summed E-state index contributed by atoms with van der Waals surface area (Å²) in [5, 5.41) is 0. The monoisotopic (exact) mass is 202 g/mol. The van der Waals surface area contributed by atoms with Crippen LogP contribution in [0.25, 0.3) is 0 Å². The number of hydrogen-bond acceptors (Lipinski definition) is 0. The maximum Gasteiger partial charge on any atom is -0.0100 e. The van der Waals surface area contributed by atoms with Crippen LogP contribution in [-0.4, -0.2) is 0 Å². The van der Waals surface area contributed by atoms with E-state index >= 15 is 0 Å². The molecule has 82 valence electrons. The van der Waals surface area contributed by atoms with Gasteiger partial charge in [0.2, 0.25) is 0 Å². The van der Waals surface area contributed by atoms with Gasteiger partial charge >= 0.3 is 0 Å². The molecule has 0 amide bonds. The Kier molecular flexibility index (Phi) is 2.41. The van der Waals surface area contributed by atoms with E-state index in [0.29, 0.717) is 10.8 Å². The van der Waals surface area contributed by atoms with Crippen LogP contribution in [0.5, 0.6) is 0 Å². The Morgan fingerprint density at radius 1 is 0.933 bits per heavy atom. The van der Waals surface area contributed by atoms with Crippen LogP contribution in [0.1, 0.15) is 47.0 Å². The van der Waals surface area contributed by atoms with Gasteiger partial charge in [-0.1, -0.05) is 52.0 Å². The summed E-state index contributed by atoms with van der Waals surface area (Å²) in [6, 6.07) is 0. The van der Waals surface area contributed by atoms with Crippen LogP contribution in [-0.2, 0) is 0 Å². The van der Waals surface area contributed by atoms with Crippen LogP contribution in [0, 0.1) is 10.8 Å². The van der Waals surface area contributed by atoms with Crippen LogP contribution in [0.4, 0.5) is 0 Å². The summed E-state index contributed by atoms with van der Waals surface area (Å²) in [7, 11) is 0. The summed E-state index contributed by atoms with van der Waals surface area (Å²) in [6.45, 7) is 9.52. The second kappa shape index (κ2) is 3.37. The number of rotatable bonds is 0. The van der Waals surface area contributed by atoms with Gasteiger partial charge < -0.3 is 0 Å². The lowest BCUT2D eigenvalue weighted by atomic mass is 9.61. The summed E-state index contributed by atoms with van der Waals surface area (Å²) >= 11 is 0. The van der Waals surface area contributed by atoms with Gasteiger partial charge in [0.05, 0.1) is 0 Å². The van der Waals surface area contributed by atoms with E-state index < -0.39 is 0 Å². The third-order valence-corrected chi connectivity index (χ3v) is 3.98. The molecule has 2 rings (SSSR count). The predicted octanol–water partition coefficient (Wildman–Crippen LogP) is 4.65. The lowest BCUT2D eigenvalue weighted by Crippen LogP contribution is -2.31. The van der Waals surface area contributed by atoms with Crippen molar-refractivity contribution in [2.75, 3.05) is 0 Å². The van der Waals surface area contributed by atoms with Gasteiger partial charge in [0, 0.05) is 0 Å². The van der Waals surface area contributed by atoms with Crippen molar-refractivity contribution in [1.82, 2.24) is 0 Å². The molecular weight excluding hydrogens is 180 g/mol. The average Bonchev–Trinajstić information content (AvgIpc) is 2.39. The molecule has 0 heterocycles. The van der Waals surface area contributed by atoms with E-state index in [1.54, 1.807) is 11.1 Å². The van der Waals surface area contributed by atoms with Crippen LogP contribution in [0.2, 0.25) is 0 Å². The molecule has 15 heavy (non-hydrogen) atoms. The minimum Gasteiger partial charge on any atom is -0.0807 e. The topological polar surface area (TPSA) is 0 Å². The van der Waals surface area contributed by atoms with Gasteiger partial charge in [0.15, 0.2) is 0 Å². The fourth-order valence-electron chi connectivity index (χ4n) is 2.75. The quantitative estimate of drug-likeness (QED) is 0.536. The normalized spacial score (nSPS) is 27.5. The number of fused-ring (bicyclic) bond motifs is 1. The lowest BCUT2D eigenvalue weighted by molar-refractivity contribution is 0.259. The Bertz CT molecular complexity index is 348. The highest BCUT2D eigenvalue weighted by Crippen LogP contribution is 2.52. The molecule has 0 N–H and O–H groups in total. The molecule has 0 aromatic carbocycles. The zero-order valence-electron chi connectivity index (χ0n) is 10.4. The Morgan fingerprint density at radius 3 is 2.20 bits per heavy atom. The fraction of sp³-hybridized carbons (Fsp3) is 0.600. The molecule has 0 atom stereocenters. The molecule has 0 aromatic rings. The first-order valence-corrected chi connectivity index (χ1v) is 6.02. The molecule has 0 unspecified atom stereocenters. The van der Waals surface area contributed by atoms with Crippen molar-refractivity contribution in [1.29, 1.82) is 0 Å². The molecule has 0 nitrogen and oxygen atoms in total. The highest BCUT2D eigenvalue weighted by molar-refractivity contribution is 5.45. The van der Waals surface area contributed by atoms with E-state index in [4.69, 9.17) is 0 Å². The van der Waals surface area contributed by atoms with E-state index in [2.05, 4.69) is 52.0 Å². The maximum atomic E-state index is 2.43. The Labute approximate surface area is 93.8 Å². The van der Waals surface area contributed by atoms with Gasteiger partial charge in [-0.05, 0) is 41.2 Å². The highest BCUT2D eigenvalue weighted by Gasteiger charge is 2.39. The van der Waals surface area contributed by atoms with Crippen molar-refractivity contribution in [3.8, 4) is 0 Å². The van der Waals surface area contributed by atoms with E-state index in [9.17, 15) is 0 Å². The summed E-state index contributed by atoms with van der Waals surface area (Å²) in [5.41, 5.74) is 3.87.